The van der Waals surface area contributed by atoms with Crippen molar-refractivity contribution in [3.63, 3.8) is 0 Å². The highest BCUT2D eigenvalue weighted by Gasteiger charge is 2.30. The molecule has 0 bridgehead atoms. The van der Waals surface area contributed by atoms with Crippen molar-refractivity contribution in [2.45, 2.75) is 25.1 Å². The van der Waals surface area contributed by atoms with E-state index < -0.39 is 30.3 Å². The standard InChI is InChI=1S/C10H10F5N/c11-7-1-2-9(12)6(3-7)4-8(16)5-10(13,14)15/h1-3,8H,4-5,16H2. The minimum Gasteiger partial charge on any atom is -0.327 e. The molecule has 0 amide bonds. The molecule has 0 aliphatic rings. The Morgan fingerprint density at radius 2 is 1.81 bits per heavy atom. The van der Waals surface area contributed by atoms with Gasteiger partial charge in [-0.2, -0.15) is 13.2 Å². The molecule has 1 nitrogen and oxygen atoms in total. The fraction of sp³-hybridized carbons (Fsp3) is 0.400. The van der Waals surface area contributed by atoms with Crippen LogP contribution in [0.4, 0.5) is 22.0 Å². The Morgan fingerprint density at radius 3 is 2.38 bits per heavy atom. The maximum absolute atomic E-state index is 13.1. The molecule has 0 radical (unpaired) electrons. The van der Waals surface area contributed by atoms with E-state index in [-0.39, 0.29) is 12.0 Å². The second-order valence-corrected chi connectivity index (χ2v) is 3.52. The van der Waals surface area contributed by atoms with E-state index in [1.807, 2.05) is 0 Å². The van der Waals surface area contributed by atoms with Gasteiger partial charge in [0.1, 0.15) is 11.6 Å². The first kappa shape index (κ1) is 12.9. The lowest BCUT2D eigenvalue weighted by molar-refractivity contribution is -0.138. The number of rotatable bonds is 3. The van der Waals surface area contributed by atoms with Crippen LogP contribution in [-0.2, 0) is 6.42 Å². The molecular formula is C10H10F5N. The highest BCUT2D eigenvalue weighted by Crippen LogP contribution is 2.22. The molecule has 90 valence electrons. The molecule has 1 rings (SSSR count). The minimum absolute atomic E-state index is 0.142. The summed E-state index contributed by atoms with van der Waals surface area (Å²) in [6.07, 6.45) is -5.96. The zero-order valence-corrected chi connectivity index (χ0v) is 8.19. The lowest BCUT2D eigenvalue weighted by Gasteiger charge is -2.14. The van der Waals surface area contributed by atoms with Gasteiger partial charge in [0.15, 0.2) is 0 Å². The quantitative estimate of drug-likeness (QED) is 0.806. The average Bonchev–Trinajstić information content (AvgIpc) is 2.08. The van der Waals surface area contributed by atoms with Gasteiger partial charge in [-0.05, 0) is 30.2 Å². The van der Waals surface area contributed by atoms with Crippen molar-refractivity contribution in [1.82, 2.24) is 0 Å². The van der Waals surface area contributed by atoms with Crippen LogP contribution in [0.5, 0.6) is 0 Å². The molecule has 2 N–H and O–H groups in total. The SMILES string of the molecule is NC(Cc1cc(F)ccc1F)CC(F)(F)F. The minimum atomic E-state index is -4.40. The van der Waals surface area contributed by atoms with Gasteiger partial charge in [-0.25, -0.2) is 8.78 Å². The summed E-state index contributed by atoms with van der Waals surface area (Å²) < 4.78 is 61.6. The fourth-order valence-corrected chi connectivity index (χ4v) is 1.35. The number of hydrogen-bond donors (Lipinski definition) is 1. The predicted molar refractivity (Wildman–Crippen MR) is 48.7 cm³/mol. The van der Waals surface area contributed by atoms with Crippen molar-refractivity contribution in [3.8, 4) is 0 Å². The highest BCUT2D eigenvalue weighted by molar-refractivity contribution is 5.19. The Bertz CT molecular complexity index is 361. The molecule has 0 fully saturated rings. The smallest absolute Gasteiger partial charge is 0.327 e. The summed E-state index contributed by atoms with van der Waals surface area (Å²) in [6, 6.07) is 1.35. The second-order valence-electron chi connectivity index (χ2n) is 3.52. The molecular weight excluding hydrogens is 229 g/mol. The summed E-state index contributed by atoms with van der Waals surface area (Å²) in [6.45, 7) is 0. The first-order chi connectivity index (χ1) is 7.28. The van der Waals surface area contributed by atoms with Crippen LogP contribution >= 0.6 is 0 Å². The third-order valence-electron chi connectivity index (χ3n) is 1.98. The summed E-state index contributed by atoms with van der Waals surface area (Å²) in [5.41, 5.74) is 5.06. The third-order valence-corrected chi connectivity index (χ3v) is 1.98. The molecule has 0 heterocycles. The molecule has 0 aliphatic heterocycles. The van der Waals surface area contributed by atoms with Gasteiger partial charge in [0.05, 0.1) is 6.42 Å². The molecule has 1 unspecified atom stereocenters. The molecule has 1 aromatic carbocycles. The number of halogens is 5. The maximum Gasteiger partial charge on any atom is 0.390 e. The summed E-state index contributed by atoms with van der Waals surface area (Å²) in [7, 11) is 0. The van der Waals surface area contributed by atoms with Crippen LogP contribution in [0.2, 0.25) is 0 Å². The summed E-state index contributed by atoms with van der Waals surface area (Å²) in [5.74, 6) is -1.45. The van der Waals surface area contributed by atoms with E-state index in [4.69, 9.17) is 5.73 Å². The van der Waals surface area contributed by atoms with Crippen LogP contribution in [0.15, 0.2) is 18.2 Å². The van der Waals surface area contributed by atoms with Crippen molar-refractivity contribution in [2.24, 2.45) is 5.73 Å². The average molecular weight is 239 g/mol. The van der Waals surface area contributed by atoms with Gasteiger partial charge in [-0.3, -0.25) is 0 Å². The van der Waals surface area contributed by atoms with Crippen LogP contribution in [0.25, 0.3) is 0 Å². The zero-order valence-electron chi connectivity index (χ0n) is 8.19. The summed E-state index contributed by atoms with van der Waals surface area (Å²) >= 11 is 0. The lowest BCUT2D eigenvalue weighted by atomic mass is 10.0. The monoisotopic (exact) mass is 239 g/mol. The molecule has 1 atom stereocenters. The van der Waals surface area contributed by atoms with Crippen molar-refractivity contribution in [1.29, 1.82) is 0 Å². The Morgan fingerprint density at radius 1 is 1.19 bits per heavy atom. The number of nitrogens with two attached hydrogens (primary N) is 1. The molecule has 1 aromatic rings. The van der Waals surface area contributed by atoms with E-state index in [2.05, 4.69) is 0 Å². The van der Waals surface area contributed by atoms with Crippen LogP contribution in [-0.4, -0.2) is 12.2 Å². The Balaban J connectivity index is 2.69. The van der Waals surface area contributed by atoms with E-state index in [0.717, 1.165) is 18.2 Å². The van der Waals surface area contributed by atoms with E-state index >= 15 is 0 Å². The van der Waals surface area contributed by atoms with E-state index in [0.29, 0.717) is 0 Å². The van der Waals surface area contributed by atoms with Gasteiger partial charge >= 0.3 is 6.18 Å². The zero-order chi connectivity index (χ0) is 12.3. The number of benzene rings is 1. The van der Waals surface area contributed by atoms with Crippen LogP contribution in [0.1, 0.15) is 12.0 Å². The third kappa shape index (κ3) is 4.14. The summed E-state index contributed by atoms with van der Waals surface area (Å²) in [5, 5.41) is 0. The second kappa shape index (κ2) is 4.78. The van der Waals surface area contributed by atoms with Gasteiger partial charge in [0.2, 0.25) is 0 Å². The normalized spacial score (nSPS) is 13.9. The van der Waals surface area contributed by atoms with Crippen LogP contribution < -0.4 is 5.73 Å². The molecule has 0 saturated heterocycles. The lowest BCUT2D eigenvalue weighted by Crippen LogP contribution is -2.29. The van der Waals surface area contributed by atoms with Crippen molar-refractivity contribution in [3.05, 3.63) is 35.4 Å². The Kier molecular flexibility index (Phi) is 3.85. The molecule has 0 saturated carbocycles. The highest BCUT2D eigenvalue weighted by atomic mass is 19.4. The first-order valence-corrected chi connectivity index (χ1v) is 4.54. The molecule has 6 heteroatoms. The van der Waals surface area contributed by atoms with Crippen molar-refractivity contribution in [2.75, 3.05) is 0 Å². The van der Waals surface area contributed by atoms with Gasteiger partial charge in [-0.15, -0.1) is 0 Å². The number of alkyl halides is 3. The Labute approximate surface area is 89.1 Å². The molecule has 0 aliphatic carbocycles. The van der Waals surface area contributed by atoms with Gasteiger partial charge in [0.25, 0.3) is 0 Å². The molecule has 0 spiro atoms. The van der Waals surface area contributed by atoms with Crippen molar-refractivity contribution >= 4 is 0 Å². The van der Waals surface area contributed by atoms with Crippen LogP contribution in [0.3, 0.4) is 0 Å². The number of hydrogen-bond acceptors (Lipinski definition) is 1. The Hall–Kier alpha value is -1.17. The van der Waals surface area contributed by atoms with E-state index in [1.54, 1.807) is 0 Å². The van der Waals surface area contributed by atoms with E-state index in [9.17, 15) is 22.0 Å². The topological polar surface area (TPSA) is 26.0 Å². The summed E-state index contributed by atoms with van der Waals surface area (Å²) in [4.78, 5) is 0. The van der Waals surface area contributed by atoms with E-state index in [1.165, 1.54) is 0 Å². The van der Waals surface area contributed by atoms with Crippen molar-refractivity contribution < 1.29 is 22.0 Å². The van der Waals surface area contributed by atoms with Gasteiger partial charge < -0.3 is 5.73 Å². The molecule has 16 heavy (non-hydrogen) atoms. The maximum atomic E-state index is 13.1. The molecule has 0 aromatic heterocycles. The largest absolute Gasteiger partial charge is 0.390 e. The van der Waals surface area contributed by atoms with Gasteiger partial charge in [-0.1, -0.05) is 0 Å². The fourth-order valence-electron chi connectivity index (χ4n) is 1.35. The van der Waals surface area contributed by atoms with Gasteiger partial charge in [0, 0.05) is 6.04 Å². The first-order valence-electron chi connectivity index (χ1n) is 4.54. The predicted octanol–water partition coefficient (Wildman–Crippen LogP) is 2.79. The van der Waals surface area contributed by atoms with Crippen LogP contribution in [0, 0.1) is 11.6 Å².